The molecule has 1 fully saturated rings. The Morgan fingerprint density at radius 2 is 1.48 bits per heavy atom. The standard InChI is InChI=1S/C62H78FN13O13S2/c1-62(2)51(78)24-38(25-54(81)82)56(84)72-47(27-41-29-66-34-69-41)58(86)73-48(22-35-11-14-42(77)15-12-35)61(89)76-19-6-10-50(76)60(88)74-49(55(65)83)33-91-32-37-8-5-7-36(21-37)31-90-20-17-52(79)70-45(9-3-4-18-64)57(85)68-30-53(80)71-46(59(87)75-62)23-39-28-67-44-16-13-40(63)26-43(39)44/h5,7-8,11-16,21,26,28-29,34,38,45-50,67,77H,3-4,6,9-10,17-20,22-25,27,30-33,64H2,1-2H3,(H2,65,83)(H,66,69)(H,68,85)(H,70,79)(H,71,80)(H,72,84)(H,73,86)(H,74,88)(H,75,87)(H,81,82)/t38-,45-,46-,47-,48-,49-,50-/m0/s1. The number of aromatic hydroxyl groups is 1. The number of carbonyl (C=O) groups excluding carboxylic acids is 10. The number of fused-ring (bicyclic) bond motifs is 4. The van der Waals surface area contributed by atoms with Crippen molar-refractivity contribution in [2.24, 2.45) is 17.4 Å². The lowest BCUT2D eigenvalue weighted by Gasteiger charge is -2.31. The summed E-state index contributed by atoms with van der Waals surface area (Å²) in [6.45, 7) is 2.30. The lowest BCUT2D eigenvalue weighted by atomic mass is 9.88. The molecule has 2 aliphatic heterocycles. The molecule has 0 spiro atoms. The highest BCUT2D eigenvalue weighted by molar-refractivity contribution is 7.98. The third-order valence-electron chi connectivity index (χ3n) is 15.6. The van der Waals surface area contributed by atoms with Gasteiger partial charge in [0.15, 0.2) is 5.78 Å². The Labute approximate surface area is 532 Å². The number of Topliss-reactive ketones (excluding diaryl/α,β-unsaturated/α-hetero) is 1. The van der Waals surface area contributed by atoms with Gasteiger partial charge in [0.1, 0.15) is 47.8 Å². The number of rotatable bonds is 13. The van der Waals surface area contributed by atoms with Crippen LogP contribution in [0.3, 0.4) is 0 Å². The number of phenols is 1. The molecule has 29 heteroatoms. The summed E-state index contributed by atoms with van der Waals surface area (Å²) < 4.78 is 14.6. The van der Waals surface area contributed by atoms with Crippen molar-refractivity contribution in [3.8, 4) is 5.75 Å². The van der Waals surface area contributed by atoms with Gasteiger partial charge in [-0.25, -0.2) is 9.37 Å². The zero-order chi connectivity index (χ0) is 65.8. The number of nitrogens with one attached hydrogen (secondary N) is 9. The van der Waals surface area contributed by atoms with E-state index in [1.807, 2.05) is 24.3 Å². The van der Waals surface area contributed by atoms with Crippen LogP contribution in [-0.4, -0.2) is 168 Å². The number of carbonyl (C=O) groups is 11. The molecule has 4 heterocycles. The summed E-state index contributed by atoms with van der Waals surface area (Å²) in [6, 6.07) is 9.55. The maximum absolute atomic E-state index is 14.9. The lowest BCUT2D eigenvalue weighted by Crippen LogP contribution is -2.59. The van der Waals surface area contributed by atoms with Gasteiger partial charge in [-0.3, -0.25) is 52.7 Å². The second-order valence-corrected chi connectivity index (χ2v) is 25.2. The molecule has 2 bridgehead atoms. The van der Waals surface area contributed by atoms with Gasteiger partial charge >= 0.3 is 5.97 Å². The van der Waals surface area contributed by atoms with Gasteiger partial charge in [0, 0.05) is 90.7 Å². The number of ketones is 1. The summed E-state index contributed by atoms with van der Waals surface area (Å²) in [6.07, 6.45) is 3.43. The first-order valence-electron chi connectivity index (χ1n) is 29.8. The number of aromatic nitrogens is 3. The van der Waals surface area contributed by atoms with Gasteiger partial charge < -0.3 is 73.8 Å². The first-order chi connectivity index (χ1) is 43.5. The summed E-state index contributed by atoms with van der Waals surface area (Å²) in [7, 11) is 0. The quantitative estimate of drug-likeness (QED) is 0.0742. The number of nitrogens with zero attached hydrogens (tertiary/aromatic N) is 2. The average molecular weight is 1300 g/mol. The van der Waals surface area contributed by atoms with Crippen LogP contribution < -0.4 is 48.7 Å². The van der Waals surface area contributed by atoms with Crippen molar-refractivity contribution in [3.63, 3.8) is 0 Å². The number of H-pyrrole nitrogens is 2. The van der Waals surface area contributed by atoms with Crippen LogP contribution in [0.25, 0.3) is 10.9 Å². The fraction of sp³-hybridized carbons (Fsp3) is 0.452. The van der Waals surface area contributed by atoms with E-state index in [1.165, 1.54) is 103 Å². The number of carboxylic acids is 1. The van der Waals surface area contributed by atoms with Crippen molar-refractivity contribution in [1.82, 2.24) is 57.1 Å². The van der Waals surface area contributed by atoms with Crippen LogP contribution in [-0.2, 0) is 83.5 Å². The van der Waals surface area contributed by atoms with E-state index in [1.54, 1.807) is 0 Å². The molecule has 488 valence electrons. The molecule has 2 aromatic heterocycles. The molecule has 0 saturated carbocycles. The van der Waals surface area contributed by atoms with Gasteiger partial charge in [-0.15, -0.1) is 0 Å². The molecule has 0 radical (unpaired) electrons. The van der Waals surface area contributed by atoms with Crippen LogP contribution in [0.1, 0.15) is 93.2 Å². The summed E-state index contributed by atoms with van der Waals surface area (Å²) in [4.78, 5) is 165. The van der Waals surface area contributed by atoms with E-state index < -0.39 is 138 Å². The highest BCUT2D eigenvalue weighted by Crippen LogP contribution is 2.25. The second kappa shape index (κ2) is 33.3. The van der Waals surface area contributed by atoms with Crippen LogP contribution in [0, 0.1) is 11.7 Å². The smallest absolute Gasteiger partial charge is 0.304 e. The molecule has 26 nitrogen and oxygen atoms in total. The van der Waals surface area contributed by atoms with Crippen molar-refractivity contribution in [2.45, 2.75) is 138 Å². The Morgan fingerprint density at radius 3 is 2.19 bits per heavy atom. The first-order valence-corrected chi connectivity index (χ1v) is 32.2. The number of hydrogen-bond donors (Lipinski definition) is 13. The van der Waals surface area contributed by atoms with Gasteiger partial charge in [0.2, 0.25) is 53.2 Å². The average Bonchev–Trinajstić information content (AvgIpc) is 1.79. The van der Waals surface area contributed by atoms with Gasteiger partial charge in [-0.1, -0.05) is 36.4 Å². The molecule has 5 aromatic rings. The molecule has 7 atom stereocenters. The highest BCUT2D eigenvalue weighted by Gasteiger charge is 2.41. The van der Waals surface area contributed by atoms with E-state index in [0.29, 0.717) is 70.8 Å². The molecule has 3 aromatic carbocycles. The predicted octanol–water partition coefficient (Wildman–Crippen LogP) is 1.42. The van der Waals surface area contributed by atoms with Crippen molar-refractivity contribution in [2.75, 3.05) is 31.1 Å². The van der Waals surface area contributed by atoms with E-state index in [2.05, 4.69) is 52.2 Å². The Bertz CT molecular complexity index is 3420. The molecule has 0 aliphatic carbocycles. The maximum atomic E-state index is 14.9. The normalized spacial score (nSPS) is 22.9. The molecule has 2 aliphatic rings. The van der Waals surface area contributed by atoms with Gasteiger partial charge in [-0.2, -0.15) is 23.5 Å². The van der Waals surface area contributed by atoms with Crippen LogP contribution in [0.5, 0.6) is 5.75 Å². The van der Waals surface area contributed by atoms with E-state index >= 15 is 0 Å². The van der Waals surface area contributed by atoms with Crippen molar-refractivity contribution >= 4 is 99.3 Å². The number of halogens is 1. The monoisotopic (exact) mass is 1300 g/mol. The number of benzene rings is 3. The van der Waals surface area contributed by atoms with Crippen molar-refractivity contribution < 1.29 is 67.3 Å². The molecular weight excluding hydrogens is 1220 g/mol. The number of nitrogens with two attached hydrogens (primary N) is 2. The van der Waals surface area contributed by atoms with Crippen LogP contribution >= 0.6 is 23.5 Å². The lowest BCUT2D eigenvalue weighted by molar-refractivity contribution is -0.144. The molecular formula is C62H78FN13O13S2. The number of hydrogen-bond acceptors (Lipinski definition) is 16. The number of primary amides is 1. The van der Waals surface area contributed by atoms with Crippen LogP contribution in [0.2, 0.25) is 0 Å². The minimum Gasteiger partial charge on any atom is -0.508 e. The van der Waals surface area contributed by atoms with E-state index in [-0.39, 0.29) is 56.6 Å². The van der Waals surface area contributed by atoms with E-state index in [0.717, 1.165) is 11.1 Å². The van der Waals surface area contributed by atoms with Gasteiger partial charge in [0.05, 0.1) is 30.7 Å². The molecule has 7 rings (SSSR count). The first kappa shape index (κ1) is 69.6. The number of thioether (sulfide) groups is 2. The van der Waals surface area contributed by atoms with Crippen molar-refractivity contribution in [3.05, 3.63) is 119 Å². The summed E-state index contributed by atoms with van der Waals surface area (Å²) >= 11 is 2.82. The van der Waals surface area contributed by atoms with E-state index in [9.17, 15) is 67.3 Å². The van der Waals surface area contributed by atoms with Crippen molar-refractivity contribution in [1.29, 1.82) is 0 Å². The third kappa shape index (κ3) is 20.9. The number of amides is 9. The molecule has 15 N–H and O–H groups in total. The zero-order valence-electron chi connectivity index (χ0n) is 50.5. The Balaban J connectivity index is 1.18. The Morgan fingerprint density at radius 1 is 0.769 bits per heavy atom. The summed E-state index contributed by atoms with van der Waals surface area (Å²) in [5.41, 5.74) is 13.2. The number of carboxylic acid groups (broad SMARTS) is 1. The Hall–Kier alpha value is -8.83. The maximum Gasteiger partial charge on any atom is 0.304 e. The van der Waals surface area contributed by atoms with Gasteiger partial charge in [-0.05, 0) is 105 Å². The Kier molecular flexibility index (Phi) is 25.5. The van der Waals surface area contributed by atoms with Crippen LogP contribution in [0.4, 0.5) is 4.39 Å². The number of phenolic OH excluding ortho intramolecular Hbond substituents is 1. The number of aromatic amines is 2. The zero-order valence-corrected chi connectivity index (χ0v) is 52.1. The summed E-state index contributed by atoms with van der Waals surface area (Å²) in [5.74, 6) is -10.5. The third-order valence-corrected chi connectivity index (χ3v) is 17.7. The predicted molar refractivity (Wildman–Crippen MR) is 337 cm³/mol. The molecule has 91 heavy (non-hydrogen) atoms. The van der Waals surface area contributed by atoms with E-state index in [4.69, 9.17) is 11.5 Å². The number of imidazole rings is 1. The minimum absolute atomic E-state index is 0.0409. The number of aliphatic carboxylic acids is 1. The fourth-order valence-electron chi connectivity index (χ4n) is 10.6. The molecule has 1 saturated heterocycles. The topological polar surface area (TPSA) is 412 Å². The van der Waals surface area contributed by atoms with Crippen LogP contribution in [0.15, 0.2) is 85.5 Å². The SMILES string of the molecule is CC1(C)NC(=O)[C@H](Cc2c[nH]c3ccc(F)cc23)NC(=O)CNC(=O)[C@H](CCCCN)NC(=O)CCSCc2cccc(c2)CSC[C@@H](C(N)=O)NC(=O)[C@@H]2CCCN2C(=O)[C@H](Cc2ccc(O)cc2)NC(=O)[C@H](Cc2cnc[nH]2)NC(=O)[C@H](CC(=O)O)CC1=O. The minimum atomic E-state index is -1.90. The molecule has 9 amide bonds. The highest BCUT2D eigenvalue weighted by atomic mass is 32.2. The second-order valence-electron chi connectivity index (χ2n) is 23.1. The largest absolute Gasteiger partial charge is 0.508 e. The molecule has 0 unspecified atom stereocenters. The summed E-state index contributed by atoms with van der Waals surface area (Å²) in [5, 5.41) is 39.1. The fourth-order valence-corrected chi connectivity index (χ4v) is 12.5. The van der Waals surface area contributed by atoms with Gasteiger partial charge in [0.25, 0.3) is 0 Å². The number of unbranched alkanes of at least 4 members (excludes halogenated alkanes) is 1.